The Bertz CT molecular complexity index is 1320. The second-order valence-electron chi connectivity index (χ2n) is 10.6. The maximum absolute atomic E-state index is 12.8. The van der Waals surface area contributed by atoms with Crippen molar-refractivity contribution in [2.45, 2.75) is 55.1 Å². The van der Waals surface area contributed by atoms with Gasteiger partial charge in [-0.25, -0.2) is 18.1 Å². The first-order valence-electron chi connectivity index (χ1n) is 13.1. The third kappa shape index (κ3) is 4.69. The fraction of sp³-hybridized carbons (Fsp3) is 0.464. The van der Waals surface area contributed by atoms with Gasteiger partial charge in [0, 0.05) is 50.0 Å². The van der Waals surface area contributed by atoms with Crippen molar-refractivity contribution >= 4 is 15.7 Å². The fourth-order valence-corrected chi connectivity index (χ4v) is 7.43. The number of anilines is 1. The number of rotatable bonds is 7. The second-order valence-corrected chi connectivity index (χ2v) is 12.3. The maximum atomic E-state index is 12.8. The van der Waals surface area contributed by atoms with Crippen LogP contribution in [0, 0.1) is 0 Å². The first-order chi connectivity index (χ1) is 17.5. The highest BCUT2D eigenvalue weighted by Gasteiger charge is 2.36. The van der Waals surface area contributed by atoms with Crippen LogP contribution in [0.5, 0.6) is 0 Å². The average molecular weight is 506 g/mol. The van der Waals surface area contributed by atoms with E-state index < -0.39 is 10.0 Å². The number of nitrogens with one attached hydrogen (secondary N) is 1. The zero-order chi connectivity index (χ0) is 24.7. The van der Waals surface area contributed by atoms with Crippen molar-refractivity contribution < 1.29 is 8.42 Å². The van der Waals surface area contributed by atoms with Gasteiger partial charge in [0.25, 0.3) is 10.0 Å². The lowest BCUT2D eigenvalue weighted by molar-refractivity contribution is 0.0877. The Morgan fingerprint density at radius 2 is 1.89 bits per heavy atom. The van der Waals surface area contributed by atoms with Gasteiger partial charge in [-0.15, -0.1) is 0 Å². The van der Waals surface area contributed by atoms with E-state index in [9.17, 15) is 8.42 Å². The molecule has 1 aromatic heterocycles. The van der Waals surface area contributed by atoms with Crippen LogP contribution in [0.4, 0.5) is 5.69 Å². The van der Waals surface area contributed by atoms with Crippen LogP contribution in [0.3, 0.4) is 0 Å². The molecule has 2 saturated heterocycles. The number of likely N-dealkylation sites (tertiary alicyclic amines) is 1. The number of aryl methyl sites for hydroxylation is 2. The molecule has 2 aliphatic heterocycles. The van der Waals surface area contributed by atoms with E-state index in [0.717, 1.165) is 25.8 Å². The van der Waals surface area contributed by atoms with Gasteiger partial charge >= 0.3 is 0 Å². The minimum absolute atomic E-state index is 0.0815. The molecule has 3 aromatic rings. The summed E-state index contributed by atoms with van der Waals surface area (Å²) < 4.78 is 30.1. The Hall–Kier alpha value is -2.68. The van der Waals surface area contributed by atoms with Crippen molar-refractivity contribution in [2.24, 2.45) is 7.05 Å². The Morgan fingerprint density at radius 3 is 2.61 bits per heavy atom. The van der Waals surface area contributed by atoms with Crippen molar-refractivity contribution in [3.05, 3.63) is 77.7 Å². The molecule has 3 heterocycles. The fourth-order valence-electron chi connectivity index (χ4n) is 6.19. The summed E-state index contributed by atoms with van der Waals surface area (Å²) in [6.07, 6.45) is 8.57. The number of nitrogens with zero attached hydrogens (tertiary/aromatic N) is 4. The van der Waals surface area contributed by atoms with E-state index in [4.69, 9.17) is 0 Å². The van der Waals surface area contributed by atoms with E-state index in [1.165, 1.54) is 54.6 Å². The van der Waals surface area contributed by atoms with E-state index >= 15 is 0 Å². The van der Waals surface area contributed by atoms with Gasteiger partial charge in [0.1, 0.15) is 0 Å². The van der Waals surface area contributed by atoms with Gasteiger partial charge < -0.3 is 9.47 Å². The SMILES string of the molecule is Cn1cnc(S(=O)(=O)NC2CCN(c3ccc4c(c3)[C@@H](Cc3ccccc3)[C@@H](N3CCC3)CC4)C2)c1. The predicted octanol–water partition coefficient (Wildman–Crippen LogP) is 3.32. The van der Waals surface area contributed by atoms with E-state index in [1.54, 1.807) is 17.8 Å². The first-order valence-corrected chi connectivity index (χ1v) is 14.6. The summed E-state index contributed by atoms with van der Waals surface area (Å²) in [5, 5.41) is 0.0815. The van der Waals surface area contributed by atoms with Crippen molar-refractivity contribution in [2.75, 3.05) is 31.1 Å². The Kier molecular flexibility index (Phi) is 6.35. The third-order valence-corrected chi connectivity index (χ3v) is 9.60. The monoisotopic (exact) mass is 505 g/mol. The molecule has 1 unspecified atom stereocenters. The topological polar surface area (TPSA) is 70.5 Å². The Labute approximate surface area is 214 Å². The molecule has 2 fully saturated rings. The number of hydrogen-bond acceptors (Lipinski definition) is 5. The minimum Gasteiger partial charge on any atom is -0.370 e. The summed E-state index contributed by atoms with van der Waals surface area (Å²) in [4.78, 5) is 9.04. The quantitative estimate of drug-likeness (QED) is 0.534. The van der Waals surface area contributed by atoms with Crippen molar-refractivity contribution in [3.8, 4) is 0 Å². The van der Waals surface area contributed by atoms with E-state index in [0.29, 0.717) is 18.5 Å². The largest absolute Gasteiger partial charge is 0.370 e. The Balaban J connectivity index is 1.22. The van der Waals surface area contributed by atoms with Crippen LogP contribution < -0.4 is 9.62 Å². The third-order valence-electron chi connectivity index (χ3n) is 8.19. The van der Waals surface area contributed by atoms with Crippen molar-refractivity contribution in [3.63, 3.8) is 0 Å². The zero-order valence-corrected chi connectivity index (χ0v) is 21.7. The molecule has 36 heavy (non-hydrogen) atoms. The summed E-state index contributed by atoms with van der Waals surface area (Å²) in [6.45, 7) is 3.95. The molecule has 0 spiro atoms. The van der Waals surface area contributed by atoms with Crippen LogP contribution in [0.2, 0.25) is 0 Å². The number of imidazole rings is 1. The zero-order valence-electron chi connectivity index (χ0n) is 20.9. The van der Waals surface area contributed by atoms with Gasteiger partial charge in [0.15, 0.2) is 5.03 Å². The van der Waals surface area contributed by atoms with Crippen LogP contribution in [-0.4, -0.2) is 61.1 Å². The van der Waals surface area contributed by atoms with E-state index in [-0.39, 0.29) is 11.1 Å². The lowest BCUT2D eigenvalue weighted by atomic mass is 9.74. The molecule has 7 nitrogen and oxygen atoms in total. The summed E-state index contributed by atoms with van der Waals surface area (Å²) in [5.74, 6) is 0.484. The molecule has 2 aromatic carbocycles. The lowest BCUT2D eigenvalue weighted by Gasteiger charge is -2.46. The van der Waals surface area contributed by atoms with Crippen molar-refractivity contribution in [1.82, 2.24) is 19.2 Å². The molecular weight excluding hydrogens is 470 g/mol. The van der Waals surface area contributed by atoms with Gasteiger partial charge in [-0.2, -0.15) is 0 Å². The molecule has 0 saturated carbocycles. The second kappa shape index (κ2) is 9.65. The highest BCUT2D eigenvalue weighted by molar-refractivity contribution is 7.89. The molecule has 8 heteroatoms. The smallest absolute Gasteiger partial charge is 0.259 e. The summed E-state index contributed by atoms with van der Waals surface area (Å²) in [7, 11) is -1.84. The molecule has 6 rings (SSSR count). The van der Waals surface area contributed by atoms with Crippen LogP contribution in [0.25, 0.3) is 0 Å². The van der Waals surface area contributed by atoms with Crippen LogP contribution in [0.1, 0.15) is 41.9 Å². The number of fused-ring (bicyclic) bond motifs is 1. The summed E-state index contributed by atoms with van der Waals surface area (Å²) in [6, 6.07) is 18.3. The molecule has 1 N–H and O–H groups in total. The molecule has 0 amide bonds. The molecule has 0 radical (unpaired) electrons. The number of sulfonamides is 1. The number of aromatic nitrogens is 2. The predicted molar refractivity (Wildman–Crippen MR) is 142 cm³/mol. The minimum atomic E-state index is -3.61. The van der Waals surface area contributed by atoms with Crippen LogP contribution in [0.15, 0.2) is 66.1 Å². The maximum Gasteiger partial charge on any atom is 0.259 e. The summed E-state index contributed by atoms with van der Waals surface area (Å²) in [5.41, 5.74) is 5.56. The first kappa shape index (κ1) is 23.7. The standard InChI is InChI=1S/C28H35N5O2S/c1-31-19-28(29-20-31)36(34,35)30-23-12-15-33(18-23)24-10-8-22-9-11-27(32-13-5-14-32)26(25(22)17-24)16-21-6-3-2-4-7-21/h2-4,6-8,10,17,19-20,23,26-27,30H,5,9,11-16,18H2,1H3/t23?,26-,27+/m1/s1. The average Bonchev–Trinajstić information content (AvgIpc) is 3.49. The molecule has 3 atom stereocenters. The van der Waals surface area contributed by atoms with E-state index in [1.807, 2.05) is 0 Å². The molecule has 3 aliphatic rings. The number of benzene rings is 2. The molecular formula is C28H35N5O2S. The highest BCUT2D eigenvalue weighted by Crippen LogP contribution is 2.40. The van der Waals surface area contributed by atoms with Gasteiger partial charge in [-0.05, 0) is 74.0 Å². The molecule has 190 valence electrons. The van der Waals surface area contributed by atoms with Gasteiger partial charge in [-0.1, -0.05) is 36.4 Å². The lowest BCUT2D eigenvalue weighted by Crippen LogP contribution is -2.50. The van der Waals surface area contributed by atoms with Crippen LogP contribution >= 0.6 is 0 Å². The molecule has 0 bridgehead atoms. The van der Waals surface area contributed by atoms with Gasteiger partial charge in [0.05, 0.1) is 6.33 Å². The Morgan fingerprint density at radius 1 is 1.06 bits per heavy atom. The molecule has 1 aliphatic carbocycles. The normalized spacial score (nSPS) is 24.5. The van der Waals surface area contributed by atoms with E-state index in [2.05, 4.69) is 68.0 Å². The van der Waals surface area contributed by atoms with Crippen LogP contribution in [-0.2, 0) is 29.9 Å². The highest BCUT2D eigenvalue weighted by atomic mass is 32.2. The van der Waals surface area contributed by atoms with Gasteiger partial charge in [-0.3, -0.25) is 4.90 Å². The summed E-state index contributed by atoms with van der Waals surface area (Å²) >= 11 is 0. The van der Waals surface area contributed by atoms with Gasteiger partial charge in [0.2, 0.25) is 0 Å². The van der Waals surface area contributed by atoms with Crippen molar-refractivity contribution in [1.29, 1.82) is 0 Å². The number of hydrogen-bond donors (Lipinski definition) is 1.